The number of hydrogen-bond acceptors (Lipinski definition) is 4. The van der Waals surface area contributed by atoms with Crippen LogP contribution in [0, 0.1) is 11.8 Å². The van der Waals surface area contributed by atoms with Gasteiger partial charge in [-0.3, -0.25) is 0 Å². The van der Waals surface area contributed by atoms with Gasteiger partial charge in [0.1, 0.15) is 6.61 Å². The fourth-order valence-electron chi connectivity index (χ4n) is 4.28. The topological polar surface area (TPSA) is 76.0 Å². The highest BCUT2D eigenvalue weighted by Gasteiger charge is 2.46. The van der Waals surface area contributed by atoms with Crippen molar-refractivity contribution in [1.29, 1.82) is 0 Å². The van der Waals surface area contributed by atoms with Crippen LogP contribution in [0.2, 0.25) is 0 Å². The molecule has 2 aliphatic heterocycles. The minimum atomic E-state index is -0.955. The number of carboxylic acids is 1. The van der Waals surface area contributed by atoms with Crippen molar-refractivity contribution < 1.29 is 24.5 Å². The fourth-order valence-corrected chi connectivity index (χ4v) is 4.28. The van der Waals surface area contributed by atoms with Gasteiger partial charge in [0.05, 0.1) is 24.9 Å². The van der Waals surface area contributed by atoms with Crippen LogP contribution in [0.5, 0.6) is 0 Å². The molecule has 0 amide bonds. The first kappa shape index (κ1) is 20.8. The summed E-state index contributed by atoms with van der Waals surface area (Å²) >= 11 is 0. The second-order valence-corrected chi connectivity index (χ2v) is 7.72. The third-order valence-corrected chi connectivity index (χ3v) is 5.87. The molecule has 2 fully saturated rings. The minimum Gasteiger partial charge on any atom is -0.480 e. The Morgan fingerprint density at radius 1 is 1.25 bits per heavy atom. The Morgan fingerprint density at radius 2 is 2.00 bits per heavy atom. The van der Waals surface area contributed by atoms with Crippen molar-refractivity contribution in [3.8, 4) is 0 Å². The van der Waals surface area contributed by atoms with Crippen molar-refractivity contribution in [2.24, 2.45) is 11.8 Å². The van der Waals surface area contributed by atoms with E-state index in [2.05, 4.69) is 12.2 Å². The molecule has 0 aromatic heterocycles. The number of carboxylic acid groups (broad SMARTS) is 1. The number of aliphatic hydroxyl groups excluding tert-OH is 1. The van der Waals surface area contributed by atoms with Gasteiger partial charge in [-0.25, -0.2) is 4.79 Å². The van der Waals surface area contributed by atoms with E-state index >= 15 is 0 Å². The maximum absolute atomic E-state index is 10.6. The maximum Gasteiger partial charge on any atom is 0.329 e. The lowest BCUT2D eigenvalue weighted by atomic mass is 9.77. The normalized spacial score (nSPS) is 28.9. The summed E-state index contributed by atoms with van der Waals surface area (Å²) in [5, 5.41) is 19.2. The molecule has 2 unspecified atom stereocenters. The molecule has 6 atom stereocenters. The van der Waals surface area contributed by atoms with Gasteiger partial charge < -0.3 is 19.7 Å². The van der Waals surface area contributed by atoms with E-state index in [1.54, 1.807) is 0 Å². The molecular formula is C23H30O5. The zero-order valence-corrected chi connectivity index (χ0v) is 16.3. The first-order chi connectivity index (χ1) is 13.6. The molecule has 0 radical (unpaired) electrons. The number of hydrogen-bond donors (Lipinski definition) is 2. The molecule has 0 spiro atoms. The van der Waals surface area contributed by atoms with E-state index in [0.717, 1.165) is 24.8 Å². The second-order valence-electron chi connectivity index (χ2n) is 7.72. The summed E-state index contributed by atoms with van der Waals surface area (Å²) in [6.45, 7) is 2.07. The smallest absolute Gasteiger partial charge is 0.329 e. The molecule has 1 aromatic carbocycles. The van der Waals surface area contributed by atoms with Gasteiger partial charge in [0, 0.05) is 11.8 Å². The van der Waals surface area contributed by atoms with Gasteiger partial charge in [-0.2, -0.15) is 0 Å². The van der Waals surface area contributed by atoms with Gasteiger partial charge >= 0.3 is 5.97 Å². The Morgan fingerprint density at radius 3 is 2.75 bits per heavy atom. The molecule has 0 saturated carbocycles. The molecule has 2 heterocycles. The number of carbonyl (C=O) groups is 1. The van der Waals surface area contributed by atoms with Crippen LogP contribution in [0.4, 0.5) is 0 Å². The predicted octanol–water partition coefficient (Wildman–Crippen LogP) is 3.55. The molecule has 0 aliphatic carbocycles. The van der Waals surface area contributed by atoms with Crippen molar-refractivity contribution in [2.75, 3.05) is 13.2 Å². The molecule has 28 heavy (non-hydrogen) atoms. The minimum absolute atomic E-state index is 0.0432. The molecule has 152 valence electrons. The molecule has 5 heteroatoms. The van der Waals surface area contributed by atoms with E-state index in [-0.39, 0.29) is 24.7 Å². The number of rotatable bonds is 10. The first-order valence-electron chi connectivity index (χ1n) is 10.1. The predicted molar refractivity (Wildman–Crippen MR) is 107 cm³/mol. The average Bonchev–Trinajstić information content (AvgIpc) is 3.30. The number of aliphatic carboxylic acids is 1. The van der Waals surface area contributed by atoms with Gasteiger partial charge in [0.2, 0.25) is 0 Å². The van der Waals surface area contributed by atoms with E-state index in [0.29, 0.717) is 18.4 Å². The van der Waals surface area contributed by atoms with Crippen molar-refractivity contribution in [2.45, 2.75) is 50.4 Å². The Bertz CT molecular complexity index is 683. The highest BCUT2D eigenvalue weighted by Crippen LogP contribution is 2.46. The lowest BCUT2D eigenvalue weighted by Crippen LogP contribution is -2.26. The first-order valence-corrected chi connectivity index (χ1v) is 10.1. The lowest BCUT2D eigenvalue weighted by molar-refractivity contribution is -0.141. The van der Waals surface area contributed by atoms with Gasteiger partial charge in [-0.15, -0.1) is 0 Å². The van der Waals surface area contributed by atoms with Crippen molar-refractivity contribution in [1.82, 2.24) is 0 Å². The SMILES string of the molecule is CC(c1ccccc1)C(O)/C=C/[C@H]1[C@@H](C/C=C/COCC(=O)O)[C@H]2CC[C@@H]1O2. The quantitative estimate of drug-likeness (QED) is 0.475. The molecule has 2 bridgehead atoms. The summed E-state index contributed by atoms with van der Waals surface area (Å²) in [6.07, 6.45) is 11.0. The molecule has 3 rings (SSSR count). The van der Waals surface area contributed by atoms with Crippen molar-refractivity contribution in [3.63, 3.8) is 0 Å². The summed E-state index contributed by atoms with van der Waals surface area (Å²) in [7, 11) is 0. The summed E-state index contributed by atoms with van der Waals surface area (Å²) in [4.78, 5) is 10.4. The number of benzene rings is 1. The van der Waals surface area contributed by atoms with Crippen LogP contribution in [-0.4, -0.2) is 47.7 Å². The van der Waals surface area contributed by atoms with Crippen LogP contribution in [0.25, 0.3) is 0 Å². The summed E-state index contributed by atoms with van der Waals surface area (Å²) in [6, 6.07) is 10.1. The van der Waals surface area contributed by atoms with Crippen molar-refractivity contribution >= 4 is 5.97 Å². The van der Waals surface area contributed by atoms with Crippen LogP contribution in [0.15, 0.2) is 54.6 Å². The Balaban J connectivity index is 1.54. The lowest BCUT2D eigenvalue weighted by Gasteiger charge is -2.25. The monoisotopic (exact) mass is 386 g/mol. The standard InChI is InChI=1S/C23H30O5/c1-16(17-7-3-2-4-8-17)20(24)11-10-19-18(21-12-13-22(19)28-21)9-5-6-14-27-15-23(25)26/h2-8,10-11,16,18-22,24H,9,12-15H2,1H3,(H,25,26)/b6-5+,11-10+/t16?,18-,19+,20?,21-,22+/m1/s1. The van der Waals surface area contributed by atoms with Crippen molar-refractivity contribution in [3.05, 3.63) is 60.2 Å². The van der Waals surface area contributed by atoms with Crippen LogP contribution < -0.4 is 0 Å². The molecule has 1 aromatic rings. The van der Waals surface area contributed by atoms with Gasteiger partial charge in [0.15, 0.2) is 0 Å². The number of allylic oxidation sites excluding steroid dienone is 1. The number of aliphatic hydroxyl groups is 1. The summed E-state index contributed by atoms with van der Waals surface area (Å²) < 4.78 is 11.1. The van der Waals surface area contributed by atoms with E-state index < -0.39 is 12.1 Å². The van der Waals surface area contributed by atoms with Crippen LogP contribution >= 0.6 is 0 Å². The highest BCUT2D eigenvalue weighted by molar-refractivity contribution is 5.67. The molecule has 2 saturated heterocycles. The number of fused-ring (bicyclic) bond motifs is 2. The molecule has 5 nitrogen and oxygen atoms in total. The fraction of sp³-hybridized carbons (Fsp3) is 0.522. The zero-order valence-electron chi connectivity index (χ0n) is 16.3. The molecule has 2 aliphatic rings. The Labute approximate surface area is 166 Å². The van der Waals surface area contributed by atoms with E-state index in [1.807, 2.05) is 49.4 Å². The van der Waals surface area contributed by atoms with Crippen LogP contribution in [0.1, 0.15) is 37.7 Å². The van der Waals surface area contributed by atoms with E-state index in [1.165, 1.54) is 0 Å². The van der Waals surface area contributed by atoms with Crippen LogP contribution in [0.3, 0.4) is 0 Å². The molecular weight excluding hydrogens is 356 g/mol. The second kappa shape index (κ2) is 10.0. The Hall–Kier alpha value is -1.95. The van der Waals surface area contributed by atoms with Gasteiger partial charge in [0.25, 0.3) is 0 Å². The number of ether oxygens (including phenoxy) is 2. The third kappa shape index (κ3) is 5.31. The largest absolute Gasteiger partial charge is 0.480 e. The van der Waals surface area contributed by atoms with Crippen LogP contribution in [-0.2, 0) is 14.3 Å². The average molecular weight is 386 g/mol. The van der Waals surface area contributed by atoms with E-state index in [9.17, 15) is 9.90 Å². The van der Waals surface area contributed by atoms with Gasteiger partial charge in [-0.1, -0.05) is 61.6 Å². The van der Waals surface area contributed by atoms with Gasteiger partial charge in [-0.05, 0) is 30.7 Å². The van der Waals surface area contributed by atoms with E-state index in [4.69, 9.17) is 14.6 Å². The Kier molecular flexibility index (Phi) is 7.43. The summed E-state index contributed by atoms with van der Waals surface area (Å²) in [5.74, 6) is -0.212. The molecule has 2 N–H and O–H groups in total. The third-order valence-electron chi connectivity index (χ3n) is 5.87. The summed E-state index contributed by atoms with van der Waals surface area (Å²) in [5.41, 5.74) is 1.13. The highest BCUT2D eigenvalue weighted by atomic mass is 16.5. The zero-order chi connectivity index (χ0) is 19.9. The maximum atomic E-state index is 10.6.